The van der Waals surface area contributed by atoms with Crippen LogP contribution in [-0.2, 0) is 16.4 Å². The Morgan fingerprint density at radius 3 is 2.45 bits per heavy atom. The molecule has 1 aliphatic heterocycles. The number of para-hydroxylation sites is 2. The van der Waals surface area contributed by atoms with E-state index in [2.05, 4.69) is 45.0 Å². The summed E-state index contributed by atoms with van der Waals surface area (Å²) >= 11 is 1.73. The van der Waals surface area contributed by atoms with Crippen molar-refractivity contribution in [1.82, 2.24) is 15.2 Å². The van der Waals surface area contributed by atoms with E-state index in [1.165, 1.54) is 28.5 Å². The predicted octanol–water partition coefficient (Wildman–Crippen LogP) is 4.77. The molecule has 0 atom stereocenters. The van der Waals surface area contributed by atoms with E-state index in [0.29, 0.717) is 13.1 Å². The van der Waals surface area contributed by atoms with Gasteiger partial charge in [-0.3, -0.25) is 14.4 Å². The zero-order valence-electron chi connectivity index (χ0n) is 22.0. The number of piperazine rings is 1. The highest BCUT2D eigenvalue weighted by Crippen LogP contribution is 2.31. The Morgan fingerprint density at radius 2 is 1.73 bits per heavy atom. The summed E-state index contributed by atoms with van der Waals surface area (Å²) in [7, 11) is -3.98. The second-order valence-corrected chi connectivity index (χ2v) is 12.0. The van der Waals surface area contributed by atoms with Crippen LogP contribution in [-0.4, -0.2) is 63.5 Å². The van der Waals surface area contributed by atoms with Crippen molar-refractivity contribution in [3.05, 3.63) is 83.7 Å². The first-order valence-electron chi connectivity index (χ1n) is 12.9. The maximum Gasteiger partial charge on any atom is 0.261 e. The van der Waals surface area contributed by atoms with E-state index in [9.17, 15) is 17.6 Å². The van der Waals surface area contributed by atoms with Crippen molar-refractivity contribution in [2.24, 2.45) is 0 Å². The van der Waals surface area contributed by atoms with Gasteiger partial charge in [0, 0.05) is 39.3 Å². The van der Waals surface area contributed by atoms with E-state index >= 15 is 0 Å². The highest BCUT2D eigenvalue weighted by atomic mass is 35.5. The second-order valence-electron chi connectivity index (χ2n) is 9.30. The highest BCUT2D eigenvalue weighted by molar-refractivity contribution is 7.92. The van der Waals surface area contributed by atoms with Crippen molar-refractivity contribution in [2.75, 3.05) is 48.9 Å². The molecule has 1 aromatic heterocycles. The number of amides is 1. The Hall–Kier alpha value is -3.25. The van der Waals surface area contributed by atoms with Gasteiger partial charge in [-0.15, -0.1) is 12.4 Å². The molecular weight excluding hydrogens is 573 g/mol. The molecule has 2 heterocycles. The molecule has 2 N–H and O–H groups in total. The van der Waals surface area contributed by atoms with Crippen LogP contribution < -0.4 is 14.9 Å². The fraction of sp³-hybridized carbons (Fsp3) is 0.286. The normalized spacial score (nSPS) is 14.1. The molecule has 1 saturated heterocycles. The molecule has 0 aliphatic carbocycles. The SMILES string of the molecule is CCc1cccc2sc(N3CCN(CCNC(=O)c4ccccc4NS(=O)(=O)c4ccc(F)cc4)CC3)nc12.Cl. The summed E-state index contributed by atoms with van der Waals surface area (Å²) in [6, 6.07) is 17.3. The van der Waals surface area contributed by atoms with Gasteiger partial charge in [-0.2, -0.15) is 0 Å². The summed E-state index contributed by atoms with van der Waals surface area (Å²) in [5, 5.41) is 3.96. The maximum atomic E-state index is 13.2. The first kappa shape index (κ1) is 29.7. The van der Waals surface area contributed by atoms with Crippen LogP contribution in [0.1, 0.15) is 22.8 Å². The van der Waals surface area contributed by atoms with Gasteiger partial charge in [-0.1, -0.05) is 42.5 Å². The number of aromatic nitrogens is 1. The number of aryl methyl sites for hydroxylation is 1. The number of anilines is 2. The molecule has 3 aromatic carbocycles. The molecule has 5 rings (SSSR count). The molecule has 12 heteroatoms. The van der Waals surface area contributed by atoms with Gasteiger partial charge in [0.25, 0.3) is 15.9 Å². The Morgan fingerprint density at radius 1 is 1.00 bits per heavy atom. The Balaban J connectivity index is 0.00000370. The summed E-state index contributed by atoms with van der Waals surface area (Å²) in [5.74, 6) is -0.898. The van der Waals surface area contributed by atoms with Crippen molar-refractivity contribution in [3.63, 3.8) is 0 Å². The van der Waals surface area contributed by atoms with Crippen molar-refractivity contribution in [3.8, 4) is 0 Å². The number of hydrogen-bond acceptors (Lipinski definition) is 7. The lowest BCUT2D eigenvalue weighted by molar-refractivity contribution is 0.0948. The minimum absolute atomic E-state index is 0. The summed E-state index contributed by atoms with van der Waals surface area (Å²) < 4.78 is 42.4. The molecule has 0 saturated carbocycles. The van der Waals surface area contributed by atoms with Crippen LogP contribution in [0.15, 0.2) is 71.6 Å². The summed E-state index contributed by atoms with van der Waals surface area (Å²) in [4.78, 5) is 22.4. The van der Waals surface area contributed by atoms with E-state index in [4.69, 9.17) is 4.98 Å². The van der Waals surface area contributed by atoms with Gasteiger partial charge in [0.1, 0.15) is 5.82 Å². The third-order valence-corrected chi connectivity index (χ3v) is 9.23. The fourth-order valence-electron chi connectivity index (χ4n) is 4.59. The smallest absolute Gasteiger partial charge is 0.261 e. The molecule has 40 heavy (non-hydrogen) atoms. The number of rotatable bonds is 9. The summed E-state index contributed by atoms with van der Waals surface area (Å²) in [6.07, 6.45) is 0.963. The monoisotopic (exact) mass is 603 g/mol. The molecule has 1 amide bonds. The molecular formula is C28H31ClFN5O3S2. The van der Waals surface area contributed by atoms with Gasteiger partial charge < -0.3 is 10.2 Å². The Bertz CT molecular complexity index is 1570. The van der Waals surface area contributed by atoms with Crippen LogP contribution >= 0.6 is 23.7 Å². The van der Waals surface area contributed by atoms with E-state index in [0.717, 1.165) is 55.4 Å². The molecule has 8 nitrogen and oxygen atoms in total. The van der Waals surface area contributed by atoms with E-state index < -0.39 is 15.8 Å². The van der Waals surface area contributed by atoms with Gasteiger partial charge in [0.2, 0.25) is 0 Å². The summed E-state index contributed by atoms with van der Waals surface area (Å²) in [6.45, 7) is 6.71. The van der Waals surface area contributed by atoms with Crippen molar-refractivity contribution < 1.29 is 17.6 Å². The fourth-order valence-corrected chi connectivity index (χ4v) is 6.73. The molecule has 1 fully saturated rings. The van der Waals surface area contributed by atoms with Crippen LogP contribution in [0.4, 0.5) is 15.2 Å². The van der Waals surface area contributed by atoms with Crippen LogP contribution in [0.5, 0.6) is 0 Å². The largest absolute Gasteiger partial charge is 0.351 e. The van der Waals surface area contributed by atoms with E-state index in [-0.39, 0.29) is 34.5 Å². The highest BCUT2D eigenvalue weighted by Gasteiger charge is 2.22. The first-order chi connectivity index (χ1) is 18.8. The van der Waals surface area contributed by atoms with Gasteiger partial charge in [-0.05, 0) is 54.4 Å². The molecule has 4 aromatic rings. The van der Waals surface area contributed by atoms with E-state index in [1.807, 2.05) is 0 Å². The molecule has 0 bridgehead atoms. The first-order valence-corrected chi connectivity index (χ1v) is 15.2. The third kappa shape index (κ3) is 6.72. The average molecular weight is 604 g/mol. The van der Waals surface area contributed by atoms with Crippen molar-refractivity contribution >= 4 is 60.7 Å². The van der Waals surface area contributed by atoms with Crippen LogP contribution in [0, 0.1) is 5.82 Å². The minimum Gasteiger partial charge on any atom is -0.351 e. The number of hydrogen-bond donors (Lipinski definition) is 2. The maximum absolute atomic E-state index is 13.2. The third-order valence-electron chi connectivity index (χ3n) is 6.77. The molecule has 0 unspecified atom stereocenters. The lowest BCUT2D eigenvalue weighted by Crippen LogP contribution is -2.48. The number of nitrogens with one attached hydrogen (secondary N) is 2. The standard InChI is InChI=1S/C28H30FN5O3S2.ClH/c1-2-20-6-5-9-25-26(20)31-28(38-25)34-18-16-33(17-19-34)15-14-30-27(35)23-7-3-4-8-24(23)32-39(36,37)22-12-10-21(29)11-13-22;/h3-13,32H,2,14-19H2,1H3,(H,30,35);1H. The van der Waals surface area contributed by atoms with Crippen LogP contribution in [0.2, 0.25) is 0 Å². The molecule has 0 spiro atoms. The van der Waals surface area contributed by atoms with Crippen LogP contribution in [0.25, 0.3) is 10.2 Å². The predicted molar refractivity (Wildman–Crippen MR) is 161 cm³/mol. The van der Waals surface area contributed by atoms with Gasteiger partial charge in [0.05, 0.1) is 26.4 Å². The van der Waals surface area contributed by atoms with Crippen LogP contribution in [0.3, 0.4) is 0 Å². The number of carbonyl (C=O) groups excluding carboxylic acids is 1. The number of nitrogens with zero attached hydrogens (tertiary/aromatic N) is 3. The quantitative estimate of drug-likeness (QED) is 0.286. The number of fused-ring (bicyclic) bond motifs is 1. The second kappa shape index (κ2) is 12.9. The lowest BCUT2D eigenvalue weighted by atomic mass is 10.1. The average Bonchev–Trinajstić information content (AvgIpc) is 3.38. The molecule has 0 radical (unpaired) electrons. The van der Waals surface area contributed by atoms with Gasteiger partial charge in [-0.25, -0.2) is 17.8 Å². The Labute approximate surface area is 243 Å². The van der Waals surface area contributed by atoms with Crippen molar-refractivity contribution in [1.29, 1.82) is 0 Å². The molecule has 212 valence electrons. The number of benzene rings is 3. The minimum atomic E-state index is -3.98. The Kier molecular flexibility index (Phi) is 9.62. The number of carbonyl (C=O) groups is 1. The van der Waals surface area contributed by atoms with Gasteiger partial charge >= 0.3 is 0 Å². The van der Waals surface area contributed by atoms with Gasteiger partial charge in [0.15, 0.2) is 5.13 Å². The van der Waals surface area contributed by atoms with E-state index in [1.54, 1.807) is 29.5 Å². The summed E-state index contributed by atoms with van der Waals surface area (Å²) in [5.41, 5.74) is 2.75. The number of thiazole rings is 1. The lowest BCUT2D eigenvalue weighted by Gasteiger charge is -2.34. The zero-order chi connectivity index (χ0) is 27.4. The van der Waals surface area contributed by atoms with Crippen molar-refractivity contribution in [2.45, 2.75) is 18.2 Å². The number of halogens is 2. The molecule has 1 aliphatic rings. The number of sulfonamides is 1. The zero-order valence-corrected chi connectivity index (χ0v) is 24.4. The topological polar surface area (TPSA) is 94.6 Å².